The van der Waals surface area contributed by atoms with Gasteiger partial charge in [0.25, 0.3) is 0 Å². The number of rotatable bonds is 2. The number of aromatic nitrogens is 2. The Bertz CT molecular complexity index is 776. The molecule has 20 heavy (non-hydrogen) atoms. The van der Waals surface area contributed by atoms with E-state index in [1.54, 1.807) is 36.8 Å². The van der Waals surface area contributed by atoms with Crippen LogP contribution in [0.3, 0.4) is 0 Å². The van der Waals surface area contributed by atoms with Crippen molar-refractivity contribution in [2.24, 2.45) is 0 Å². The number of fused-ring (bicyclic) bond motifs is 1. The number of nitrogens with zero attached hydrogens (tertiary/aromatic N) is 2. The normalized spacial score (nSPS) is 12.5. The van der Waals surface area contributed by atoms with Gasteiger partial charge < -0.3 is 10.8 Å². The quantitative estimate of drug-likeness (QED) is 0.759. The van der Waals surface area contributed by atoms with Crippen molar-refractivity contribution in [3.05, 3.63) is 65.1 Å². The van der Waals surface area contributed by atoms with E-state index in [0.717, 1.165) is 5.39 Å². The van der Waals surface area contributed by atoms with Crippen LogP contribution in [0, 0.1) is 0 Å². The summed E-state index contributed by atoms with van der Waals surface area (Å²) >= 11 is 6.15. The second-order valence-corrected chi connectivity index (χ2v) is 4.85. The maximum Gasteiger partial charge on any atom is 0.110 e. The lowest BCUT2D eigenvalue weighted by Gasteiger charge is -2.15. The Hall–Kier alpha value is -2.17. The molecule has 3 N–H and O–H groups in total. The van der Waals surface area contributed by atoms with Crippen molar-refractivity contribution in [3.63, 3.8) is 0 Å². The fourth-order valence-electron chi connectivity index (χ4n) is 2.19. The monoisotopic (exact) mass is 285 g/mol. The molecule has 1 aromatic carbocycles. The van der Waals surface area contributed by atoms with E-state index in [2.05, 4.69) is 9.97 Å². The largest absolute Gasteiger partial charge is 0.398 e. The molecule has 0 aliphatic heterocycles. The number of anilines is 1. The minimum Gasteiger partial charge on any atom is -0.398 e. The molecule has 0 fully saturated rings. The van der Waals surface area contributed by atoms with E-state index in [9.17, 15) is 5.11 Å². The maximum atomic E-state index is 10.6. The van der Waals surface area contributed by atoms with Crippen LogP contribution >= 0.6 is 11.6 Å². The van der Waals surface area contributed by atoms with Gasteiger partial charge in [-0.2, -0.15) is 0 Å². The highest BCUT2D eigenvalue weighted by atomic mass is 35.5. The van der Waals surface area contributed by atoms with Crippen molar-refractivity contribution in [2.45, 2.75) is 6.10 Å². The van der Waals surface area contributed by atoms with Crippen LogP contribution in [0.1, 0.15) is 17.2 Å². The molecule has 0 radical (unpaired) electrons. The van der Waals surface area contributed by atoms with Gasteiger partial charge in [0.15, 0.2) is 0 Å². The molecule has 0 saturated heterocycles. The highest BCUT2D eigenvalue weighted by Gasteiger charge is 2.17. The second kappa shape index (κ2) is 5.07. The summed E-state index contributed by atoms with van der Waals surface area (Å²) in [5, 5.41) is 12.0. The number of hydrogen-bond donors (Lipinski definition) is 2. The summed E-state index contributed by atoms with van der Waals surface area (Å²) in [6, 6.07) is 8.84. The Kier molecular flexibility index (Phi) is 3.26. The third kappa shape index (κ3) is 2.09. The average Bonchev–Trinajstić information content (AvgIpc) is 2.48. The SMILES string of the molecule is Nc1ccncc1C(O)c1ccc(Cl)c2cccnc12. The Labute approximate surface area is 120 Å². The lowest BCUT2D eigenvalue weighted by molar-refractivity contribution is 0.222. The summed E-state index contributed by atoms with van der Waals surface area (Å²) in [7, 11) is 0. The Balaban J connectivity index is 2.20. The number of nitrogen functional groups attached to an aromatic ring is 1. The Morgan fingerprint density at radius 3 is 2.75 bits per heavy atom. The number of aliphatic hydroxyl groups excluding tert-OH is 1. The molecule has 0 saturated carbocycles. The van der Waals surface area contributed by atoms with E-state index in [-0.39, 0.29) is 0 Å². The molecular weight excluding hydrogens is 274 g/mol. The standard InChI is InChI=1S/C15H12ClN3O/c16-12-4-3-10(14-9(12)2-1-6-19-14)15(20)11-8-18-7-5-13(11)17/h1-8,15,20H,(H2,17,18). The highest BCUT2D eigenvalue weighted by Crippen LogP contribution is 2.32. The smallest absolute Gasteiger partial charge is 0.110 e. The van der Waals surface area contributed by atoms with Gasteiger partial charge in [0.1, 0.15) is 6.10 Å². The lowest BCUT2D eigenvalue weighted by atomic mass is 9.99. The molecule has 0 spiro atoms. The van der Waals surface area contributed by atoms with E-state index in [1.807, 2.05) is 12.1 Å². The van der Waals surface area contributed by atoms with Crippen LogP contribution in [0.25, 0.3) is 10.9 Å². The molecule has 1 atom stereocenters. The maximum absolute atomic E-state index is 10.6. The molecular formula is C15H12ClN3O. The van der Waals surface area contributed by atoms with Gasteiger partial charge in [-0.3, -0.25) is 9.97 Å². The van der Waals surface area contributed by atoms with Crippen molar-refractivity contribution < 1.29 is 5.11 Å². The molecule has 2 aromatic heterocycles. The summed E-state index contributed by atoms with van der Waals surface area (Å²) in [6.45, 7) is 0. The molecule has 3 rings (SSSR count). The van der Waals surface area contributed by atoms with Crippen LogP contribution in [0.2, 0.25) is 5.02 Å². The van der Waals surface area contributed by atoms with E-state index in [1.165, 1.54) is 0 Å². The van der Waals surface area contributed by atoms with Crippen molar-refractivity contribution in [3.8, 4) is 0 Å². The van der Waals surface area contributed by atoms with Crippen LogP contribution in [-0.4, -0.2) is 15.1 Å². The first-order valence-electron chi connectivity index (χ1n) is 6.09. The molecule has 1 unspecified atom stereocenters. The number of nitrogens with two attached hydrogens (primary N) is 1. The van der Waals surface area contributed by atoms with Gasteiger partial charge in [-0.1, -0.05) is 17.7 Å². The first-order chi connectivity index (χ1) is 9.68. The molecule has 0 aliphatic carbocycles. The first-order valence-corrected chi connectivity index (χ1v) is 6.47. The molecule has 100 valence electrons. The Morgan fingerprint density at radius 2 is 1.95 bits per heavy atom. The molecule has 0 bridgehead atoms. The van der Waals surface area contributed by atoms with Crippen LogP contribution in [0.4, 0.5) is 5.69 Å². The highest BCUT2D eigenvalue weighted by molar-refractivity contribution is 6.35. The van der Waals surface area contributed by atoms with Crippen LogP contribution < -0.4 is 5.73 Å². The zero-order valence-corrected chi connectivity index (χ0v) is 11.2. The van der Waals surface area contributed by atoms with Gasteiger partial charge in [-0.25, -0.2) is 0 Å². The molecule has 4 nitrogen and oxygen atoms in total. The van der Waals surface area contributed by atoms with Crippen LogP contribution in [0.5, 0.6) is 0 Å². The van der Waals surface area contributed by atoms with Crippen LogP contribution in [0.15, 0.2) is 48.9 Å². The van der Waals surface area contributed by atoms with E-state index in [4.69, 9.17) is 17.3 Å². The fourth-order valence-corrected chi connectivity index (χ4v) is 2.41. The predicted molar refractivity (Wildman–Crippen MR) is 79.5 cm³/mol. The second-order valence-electron chi connectivity index (χ2n) is 4.44. The minimum absolute atomic E-state index is 0.492. The lowest BCUT2D eigenvalue weighted by Crippen LogP contribution is -2.05. The zero-order chi connectivity index (χ0) is 14.1. The van der Waals surface area contributed by atoms with Crippen molar-refractivity contribution in [1.29, 1.82) is 0 Å². The van der Waals surface area contributed by atoms with Crippen LogP contribution in [-0.2, 0) is 0 Å². The van der Waals surface area contributed by atoms with Gasteiger partial charge in [0.05, 0.1) is 5.52 Å². The summed E-state index contributed by atoms with van der Waals surface area (Å²) < 4.78 is 0. The van der Waals surface area contributed by atoms with Gasteiger partial charge in [-0.05, 0) is 24.3 Å². The van der Waals surface area contributed by atoms with Gasteiger partial charge in [0, 0.05) is 45.8 Å². The van der Waals surface area contributed by atoms with Gasteiger partial charge in [-0.15, -0.1) is 0 Å². The third-order valence-electron chi connectivity index (χ3n) is 3.22. The van der Waals surface area contributed by atoms with Gasteiger partial charge >= 0.3 is 0 Å². The van der Waals surface area contributed by atoms with E-state index >= 15 is 0 Å². The number of pyridine rings is 2. The Morgan fingerprint density at radius 1 is 1.10 bits per heavy atom. The fraction of sp³-hybridized carbons (Fsp3) is 0.0667. The third-order valence-corrected chi connectivity index (χ3v) is 3.55. The molecule has 3 aromatic rings. The predicted octanol–water partition coefficient (Wildman–Crippen LogP) is 2.95. The minimum atomic E-state index is -0.890. The van der Waals surface area contributed by atoms with Crippen molar-refractivity contribution in [1.82, 2.24) is 9.97 Å². The first kappa shape index (κ1) is 12.8. The molecule has 2 heterocycles. The molecule has 0 amide bonds. The number of hydrogen-bond acceptors (Lipinski definition) is 4. The van der Waals surface area contributed by atoms with E-state index < -0.39 is 6.10 Å². The number of halogens is 1. The molecule has 5 heteroatoms. The zero-order valence-electron chi connectivity index (χ0n) is 10.5. The van der Waals surface area contributed by atoms with Gasteiger partial charge in [0.2, 0.25) is 0 Å². The topological polar surface area (TPSA) is 72.0 Å². The summed E-state index contributed by atoms with van der Waals surface area (Å²) in [5.41, 5.74) is 8.26. The van der Waals surface area contributed by atoms with E-state index in [0.29, 0.717) is 27.4 Å². The average molecular weight is 286 g/mol. The summed E-state index contributed by atoms with van der Waals surface area (Å²) in [6.07, 6.45) is 3.92. The molecule has 0 aliphatic rings. The van der Waals surface area contributed by atoms with Crippen molar-refractivity contribution >= 4 is 28.2 Å². The van der Waals surface area contributed by atoms with Crippen molar-refractivity contribution in [2.75, 3.05) is 5.73 Å². The number of benzene rings is 1. The summed E-state index contributed by atoms with van der Waals surface area (Å²) in [4.78, 5) is 8.32. The number of aliphatic hydroxyl groups is 1. The summed E-state index contributed by atoms with van der Waals surface area (Å²) in [5.74, 6) is 0.